The van der Waals surface area contributed by atoms with E-state index in [4.69, 9.17) is 9.47 Å². The highest BCUT2D eigenvalue weighted by Gasteiger charge is 2.31. The van der Waals surface area contributed by atoms with Gasteiger partial charge in [-0.2, -0.15) is 0 Å². The van der Waals surface area contributed by atoms with Crippen LogP contribution >= 0.6 is 0 Å². The summed E-state index contributed by atoms with van der Waals surface area (Å²) in [5.74, 6) is -0.949. The molecule has 0 heterocycles. The second-order valence-electron chi connectivity index (χ2n) is 13.9. The molecule has 2 aromatic carbocycles. The van der Waals surface area contributed by atoms with Gasteiger partial charge < -0.3 is 19.7 Å². The molecule has 0 radical (unpaired) electrons. The van der Waals surface area contributed by atoms with Crippen LogP contribution in [0.25, 0.3) is 0 Å². The van der Waals surface area contributed by atoms with Crippen molar-refractivity contribution in [3.8, 4) is 11.5 Å². The Labute approximate surface area is 279 Å². The van der Waals surface area contributed by atoms with Crippen molar-refractivity contribution < 1.29 is 29.3 Å². The Morgan fingerprint density at radius 3 is 1.28 bits per heavy atom. The van der Waals surface area contributed by atoms with E-state index < -0.39 is 23.5 Å². The molecule has 2 rings (SSSR count). The predicted molar refractivity (Wildman–Crippen MR) is 188 cm³/mol. The van der Waals surface area contributed by atoms with Crippen LogP contribution in [0.4, 0.5) is 0 Å². The maximum Gasteiger partial charge on any atom is 0.313 e. The van der Waals surface area contributed by atoms with Gasteiger partial charge in [-0.05, 0) is 119 Å². The highest BCUT2D eigenvalue weighted by atomic mass is 16.6. The quantitative estimate of drug-likeness (QED) is 0.140. The first kappa shape index (κ1) is 39.2. The van der Waals surface area contributed by atoms with Crippen LogP contribution in [0, 0.1) is 0 Å². The maximum atomic E-state index is 13.4. The van der Waals surface area contributed by atoms with E-state index in [9.17, 15) is 19.8 Å². The van der Waals surface area contributed by atoms with Crippen molar-refractivity contribution in [2.45, 2.75) is 169 Å². The lowest BCUT2D eigenvalue weighted by molar-refractivity contribution is -0.163. The minimum atomic E-state index is -0.861. The van der Waals surface area contributed by atoms with Gasteiger partial charge in [0.2, 0.25) is 0 Å². The van der Waals surface area contributed by atoms with Crippen molar-refractivity contribution in [3.63, 3.8) is 0 Å². The van der Waals surface area contributed by atoms with Gasteiger partial charge in [-0.3, -0.25) is 9.59 Å². The summed E-state index contributed by atoms with van der Waals surface area (Å²) in [4.78, 5) is 26.7. The number of esters is 2. The van der Waals surface area contributed by atoms with Crippen molar-refractivity contribution in [1.29, 1.82) is 0 Å². The van der Waals surface area contributed by atoms with Crippen LogP contribution in [-0.2, 0) is 44.7 Å². The molecule has 0 spiro atoms. The molecule has 0 amide bonds. The van der Waals surface area contributed by atoms with Gasteiger partial charge in [-0.1, -0.05) is 77.6 Å². The molecule has 2 N–H and O–H groups in total. The summed E-state index contributed by atoms with van der Waals surface area (Å²) in [6.07, 6.45) is 10.9. The zero-order chi connectivity index (χ0) is 34.4. The van der Waals surface area contributed by atoms with E-state index >= 15 is 0 Å². The molecule has 258 valence electrons. The van der Waals surface area contributed by atoms with Crippen LogP contribution in [0.2, 0.25) is 0 Å². The van der Waals surface area contributed by atoms with Crippen LogP contribution in [0.5, 0.6) is 11.5 Å². The van der Waals surface area contributed by atoms with Gasteiger partial charge in [0.25, 0.3) is 0 Å². The molecule has 6 heteroatoms. The molecule has 0 bridgehead atoms. The number of aromatic hydroxyl groups is 2. The number of unbranched alkanes of at least 4 members (excludes halogenated alkanes) is 4. The minimum Gasteiger partial charge on any atom is -0.507 e. The van der Waals surface area contributed by atoms with Gasteiger partial charge >= 0.3 is 11.9 Å². The number of aryl methyl sites for hydroxylation is 4. The Morgan fingerprint density at radius 1 is 0.630 bits per heavy atom. The number of ether oxygens (including phenoxy) is 2. The SMILES string of the molecule is CCCCc1cc(C(C)C(=O)OC(C)CC(C)(C)OC(=O)C(C)c2cc(CCCC)c(O)c(CCCC)c2)cc(CCCC)c1O. The summed E-state index contributed by atoms with van der Waals surface area (Å²) >= 11 is 0. The van der Waals surface area contributed by atoms with Gasteiger partial charge in [0.1, 0.15) is 23.2 Å². The number of phenolic OH excluding ortho intramolecular Hbond substituents is 2. The lowest BCUT2D eigenvalue weighted by Gasteiger charge is -2.30. The van der Waals surface area contributed by atoms with Crippen LogP contribution < -0.4 is 0 Å². The molecule has 0 aliphatic heterocycles. The van der Waals surface area contributed by atoms with E-state index in [2.05, 4.69) is 27.7 Å². The first-order valence-electron chi connectivity index (χ1n) is 17.9. The Bertz CT molecular complexity index is 1200. The molecule has 0 saturated carbocycles. The Balaban J connectivity index is 2.13. The Morgan fingerprint density at radius 2 is 0.957 bits per heavy atom. The average molecular weight is 639 g/mol. The standard InChI is InChI=1S/C40H62O6/c1-10-14-18-30-22-34(23-31(36(30)41)19-15-11-2)28(6)38(43)45-27(5)26-40(8,9)46-39(44)29(7)35-24-32(20-16-12-3)37(42)33(25-35)21-17-13-4/h22-25,27-29,41-42H,10-21,26H2,1-9H3. The fourth-order valence-corrected chi connectivity index (χ4v) is 6.01. The summed E-state index contributed by atoms with van der Waals surface area (Å²) in [5, 5.41) is 21.8. The number of benzene rings is 2. The zero-order valence-electron chi connectivity index (χ0n) is 30.3. The van der Waals surface area contributed by atoms with Crippen molar-refractivity contribution >= 4 is 11.9 Å². The predicted octanol–water partition coefficient (Wildman–Crippen LogP) is 10.0. The van der Waals surface area contributed by atoms with E-state index in [1.54, 1.807) is 0 Å². The van der Waals surface area contributed by atoms with E-state index in [0.29, 0.717) is 17.9 Å². The number of hydrogen-bond donors (Lipinski definition) is 2. The molecular formula is C40H62O6. The monoisotopic (exact) mass is 638 g/mol. The van der Waals surface area contributed by atoms with Crippen LogP contribution in [0.1, 0.15) is 165 Å². The zero-order valence-corrected chi connectivity index (χ0v) is 30.3. The maximum absolute atomic E-state index is 13.4. The first-order chi connectivity index (χ1) is 21.8. The number of carbonyl (C=O) groups excluding carboxylic acids is 2. The number of rotatable bonds is 20. The molecule has 3 atom stereocenters. The molecule has 0 saturated heterocycles. The number of phenols is 2. The number of hydrogen-bond acceptors (Lipinski definition) is 6. The summed E-state index contributed by atoms with van der Waals surface area (Å²) in [5.41, 5.74) is 4.42. The third-order valence-electron chi connectivity index (χ3n) is 8.96. The highest BCUT2D eigenvalue weighted by Crippen LogP contribution is 2.34. The smallest absolute Gasteiger partial charge is 0.313 e. The normalized spacial score (nSPS) is 13.7. The third-order valence-corrected chi connectivity index (χ3v) is 8.96. The van der Waals surface area contributed by atoms with Crippen molar-refractivity contribution in [3.05, 3.63) is 57.6 Å². The molecule has 46 heavy (non-hydrogen) atoms. The summed E-state index contributed by atoms with van der Waals surface area (Å²) in [6.45, 7) is 17.7. The minimum absolute atomic E-state index is 0.333. The van der Waals surface area contributed by atoms with E-state index in [1.807, 2.05) is 58.9 Å². The lowest BCUT2D eigenvalue weighted by Crippen LogP contribution is -2.35. The molecular weight excluding hydrogens is 576 g/mol. The fourth-order valence-electron chi connectivity index (χ4n) is 6.01. The van der Waals surface area contributed by atoms with Gasteiger partial charge in [-0.15, -0.1) is 0 Å². The summed E-state index contributed by atoms with van der Waals surface area (Å²) < 4.78 is 11.9. The lowest BCUT2D eigenvalue weighted by atomic mass is 9.91. The number of carbonyl (C=O) groups is 2. The largest absolute Gasteiger partial charge is 0.507 e. The van der Waals surface area contributed by atoms with Gasteiger partial charge in [0.05, 0.1) is 11.8 Å². The van der Waals surface area contributed by atoms with Crippen LogP contribution in [0.3, 0.4) is 0 Å². The van der Waals surface area contributed by atoms with Crippen LogP contribution in [-0.4, -0.2) is 33.9 Å². The van der Waals surface area contributed by atoms with Crippen molar-refractivity contribution in [1.82, 2.24) is 0 Å². The Hall–Kier alpha value is -3.02. The third kappa shape index (κ3) is 11.7. The van der Waals surface area contributed by atoms with E-state index in [-0.39, 0.29) is 11.9 Å². The molecule has 2 aromatic rings. The molecule has 0 fully saturated rings. The highest BCUT2D eigenvalue weighted by molar-refractivity contribution is 5.79. The topological polar surface area (TPSA) is 93.1 Å². The molecule has 0 aliphatic rings. The molecule has 3 unspecified atom stereocenters. The summed E-state index contributed by atoms with van der Waals surface area (Å²) in [7, 11) is 0. The molecule has 0 aromatic heterocycles. The van der Waals surface area contributed by atoms with E-state index in [1.165, 1.54) is 0 Å². The van der Waals surface area contributed by atoms with E-state index in [0.717, 1.165) is 110 Å². The second kappa shape index (κ2) is 19.0. The first-order valence-corrected chi connectivity index (χ1v) is 17.9. The van der Waals surface area contributed by atoms with Crippen molar-refractivity contribution in [2.24, 2.45) is 0 Å². The molecule has 6 nitrogen and oxygen atoms in total. The average Bonchev–Trinajstić information content (AvgIpc) is 3.01. The Kier molecular flexibility index (Phi) is 16.1. The van der Waals surface area contributed by atoms with Gasteiger partial charge in [0.15, 0.2) is 0 Å². The van der Waals surface area contributed by atoms with Gasteiger partial charge in [0, 0.05) is 6.42 Å². The fraction of sp³-hybridized carbons (Fsp3) is 0.650. The summed E-state index contributed by atoms with van der Waals surface area (Å²) in [6, 6.07) is 7.81. The molecule has 0 aliphatic carbocycles. The van der Waals surface area contributed by atoms with Crippen molar-refractivity contribution in [2.75, 3.05) is 0 Å². The van der Waals surface area contributed by atoms with Crippen LogP contribution in [0.15, 0.2) is 24.3 Å². The van der Waals surface area contributed by atoms with Gasteiger partial charge in [-0.25, -0.2) is 0 Å². The second-order valence-corrected chi connectivity index (χ2v) is 13.9.